The monoisotopic (exact) mass is 221 g/mol. The number of amidine groups is 1. The summed E-state index contributed by atoms with van der Waals surface area (Å²) in [6.45, 7) is 4.13. The highest BCUT2D eigenvalue weighted by Crippen LogP contribution is 2.19. The van der Waals surface area contributed by atoms with Crippen LogP contribution in [-0.4, -0.2) is 41.6 Å². The molecule has 6 nitrogen and oxygen atoms in total. The second kappa shape index (κ2) is 4.44. The minimum Gasteiger partial charge on any atom is -0.382 e. The predicted molar refractivity (Wildman–Crippen MR) is 60.7 cm³/mol. The van der Waals surface area contributed by atoms with Gasteiger partial charge in [-0.15, -0.1) is 0 Å². The lowest BCUT2D eigenvalue weighted by molar-refractivity contribution is 0.0985. The van der Waals surface area contributed by atoms with E-state index in [0.717, 1.165) is 6.54 Å². The van der Waals surface area contributed by atoms with E-state index in [2.05, 4.69) is 21.8 Å². The number of nitrogens with two attached hydrogens (primary N) is 1. The lowest BCUT2D eigenvalue weighted by atomic mass is 10.2. The van der Waals surface area contributed by atoms with Gasteiger partial charge in [-0.3, -0.25) is 5.41 Å². The number of aromatic nitrogens is 2. The van der Waals surface area contributed by atoms with E-state index < -0.39 is 0 Å². The van der Waals surface area contributed by atoms with Crippen molar-refractivity contribution < 1.29 is 4.74 Å². The fourth-order valence-electron chi connectivity index (χ4n) is 1.77. The van der Waals surface area contributed by atoms with Gasteiger partial charge in [-0.25, -0.2) is 9.97 Å². The molecule has 0 spiro atoms. The van der Waals surface area contributed by atoms with Crippen LogP contribution in [0.25, 0.3) is 0 Å². The Balaban J connectivity index is 2.34. The maximum Gasteiger partial charge on any atom is 0.158 e. The van der Waals surface area contributed by atoms with Gasteiger partial charge in [0.15, 0.2) is 5.82 Å². The van der Waals surface area contributed by atoms with E-state index >= 15 is 0 Å². The highest BCUT2D eigenvalue weighted by molar-refractivity contribution is 5.97. The number of morpholine rings is 1. The van der Waals surface area contributed by atoms with Crippen molar-refractivity contribution in [3.63, 3.8) is 0 Å². The molecule has 0 bridgehead atoms. The fraction of sp³-hybridized carbons (Fsp3) is 0.500. The van der Waals surface area contributed by atoms with Crippen LogP contribution in [0.5, 0.6) is 0 Å². The van der Waals surface area contributed by atoms with Crippen molar-refractivity contribution in [1.29, 1.82) is 5.41 Å². The number of ether oxygens (including phenoxy) is 1. The van der Waals surface area contributed by atoms with Gasteiger partial charge in [-0.1, -0.05) is 0 Å². The molecule has 0 saturated carbocycles. The third kappa shape index (κ3) is 1.96. The van der Waals surface area contributed by atoms with Gasteiger partial charge in [-0.05, 0) is 6.92 Å². The van der Waals surface area contributed by atoms with Gasteiger partial charge in [0.1, 0.15) is 11.5 Å². The second-order valence-corrected chi connectivity index (χ2v) is 3.76. The Morgan fingerprint density at radius 1 is 1.56 bits per heavy atom. The molecule has 2 rings (SSSR count). The average Bonchev–Trinajstić information content (AvgIpc) is 2.29. The van der Waals surface area contributed by atoms with Crippen LogP contribution in [0.1, 0.15) is 12.6 Å². The van der Waals surface area contributed by atoms with Crippen LogP contribution < -0.4 is 10.6 Å². The van der Waals surface area contributed by atoms with E-state index in [1.54, 1.807) is 12.4 Å². The minimum atomic E-state index is -0.0539. The van der Waals surface area contributed by atoms with Gasteiger partial charge < -0.3 is 15.4 Å². The summed E-state index contributed by atoms with van der Waals surface area (Å²) in [5.41, 5.74) is 5.93. The van der Waals surface area contributed by atoms with Crippen LogP contribution in [0.4, 0.5) is 5.82 Å². The van der Waals surface area contributed by atoms with E-state index in [1.807, 2.05) is 0 Å². The zero-order valence-electron chi connectivity index (χ0n) is 9.18. The lowest BCUT2D eigenvalue weighted by Crippen LogP contribution is -2.45. The Morgan fingerprint density at radius 2 is 2.31 bits per heavy atom. The molecule has 1 saturated heterocycles. The summed E-state index contributed by atoms with van der Waals surface area (Å²) < 4.78 is 5.36. The molecule has 1 aromatic rings. The maximum atomic E-state index is 7.48. The first-order valence-corrected chi connectivity index (χ1v) is 5.20. The molecule has 86 valence electrons. The molecular formula is C10H15N5O. The quantitative estimate of drug-likeness (QED) is 0.541. The Hall–Kier alpha value is -1.69. The zero-order chi connectivity index (χ0) is 11.5. The topological polar surface area (TPSA) is 88.1 Å². The SMILES string of the molecule is CC1COCCN1c1nccnc1C(=N)N. The number of anilines is 1. The molecule has 0 amide bonds. The molecule has 6 heteroatoms. The van der Waals surface area contributed by atoms with Crippen LogP contribution in [0.3, 0.4) is 0 Å². The Morgan fingerprint density at radius 3 is 3.00 bits per heavy atom. The van der Waals surface area contributed by atoms with Crippen molar-refractivity contribution in [3.8, 4) is 0 Å². The molecule has 0 aromatic carbocycles. The molecule has 0 radical (unpaired) electrons. The van der Waals surface area contributed by atoms with E-state index in [4.69, 9.17) is 15.9 Å². The number of hydrogen-bond acceptors (Lipinski definition) is 5. The van der Waals surface area contributed by atoms with Crippen molar-refractivity contribution in [2.24, 2.45) is 5.73 Å². The molecule has 1 aromatic heterocycles. The molecular weight excluding hydrogens is 206 g/mol. The third-order valence-electron chi connectivity index (χ3n) is 2.57. The third-order valence-corrected chi connectivity index (χ3v) is 2.57. The van der Waals surface area contributed by atoms with E-state index in [-0.39, 0.29) is 11.9 Å². The second-order valence-electron chi connectivity index (χ2n) is 3.76. The molecule has 0 aliphatic carbocycles. The van der Waals surface area contributed by atoms with Crippen molar-refractivity contribution in [2.75, 3.05) is 24.7 Å². The van der Waals surface area contributed by atoms with Crippen LogP contribution >= 0.6 is 0 Å². The standard InChI is InChI=1S/C10H15N5O/c1-7-6-16-5-4-15(7)10-8(9(11)12)13-2-3-14-10/h2-3,7H,4-6H2,1H3,(H3,11,12). The molecule has 16 heavy (non-hydrogen) atoms. The van der Waals surface area contributed by atoms with Crippen LogP contribution in [0.2, 0.25) is 0 Å². The summed E-state index contributed by atoms with van der Waals surface area (Å²) in [6.07, 6.45) is 3.16. The summed E-state index contributed by atoms with van der Waals surface area (Å²) in [5.74, 6) is 0.618. The van der Waals surface area contributed by atoms with Crippen LogP contribution in [0, 0.1) is 5.41 Å². The fourth-order valence-corrected chi connectivity index (χ4v) is 1.77. The summed E-state index contributed by atoms with van der Waals surface area (Å²) in [7, 11) is 0. The highest BCUT2D eigenvalue weighted by Gasteiger charge is 2.23. The van der Waals surface area contributed by atoms with E-state index in [1.165, 1.54) is 0 Å². The summed E-state index contributed by atoms with van der Waals surface area (Å²) >= 11 is 0. The summed E-state index contributed by atoms with van der Waals surface area (Å²) in [5, 5.41) is 7.48. The molecule has 1 atom stereocenters. The van der Waals surface area contributed by atoms with Gasteiger partial charge in [-0.2, -0.15) is 0 Å². The van der Waals surface area contributed by atoms with Crippen molar-refractivity contribution in [2.45, 2.75) is 13.0 Å². The van der Waals surface area contributed by atoms with Crippen molar-refractivity contribution in [1.82, 2.24) is 9.97 Å². The molecule has 1 unspecified atom stereocenters. The average molecular weight is 221 g/mol. The van der Waals surface area contributed by atoms with Gasteiger partial charge in [0.25, 0.3) is 0 Å². The zero-order valence-corrected chi connectivity index (χ0v) is 9.18. The largest absolute Gasteiger partial charge is 0.382 e. The van der Waals surface area contributed by atoms with Gasteiger partial charge in [0.2, 0.25) is 0 Å². The number of hydrogen-bond donors (Lipinski definition) is 2. The first-order chi connectivity index (χ1) is 7.70. The van der Waals surface area contributed by atoms with Gasteiger partial charge >= 0.3 is 0 Å². The smallest absolute Gasteiger partial charge is 0.158 e. The molecule has 1 fully saturated rings. The van der Waals surface area contributed by atoms with E-state index in [9.17, 15) is 0 Å². The highest BCUT2D eigenvalue weighted by atomic mass is 16.5. The summed E-state index contributed by atoms with van der Waals surface area (Å²) in [4.78, 5) is 10.4. The predicted octanol–water partition coefficient (Wildman–Crippen LogP) is -0.0142. The van der Waals surface area contributed by atoms with E-state index in [0.29, 0.717) is 24.7 Å². The summed E-state index contributed by atoms with van der Waals surface area (Å²) in [6, 6.07) is 0.226. The van der Waals surface area contributed by atoms with Crippen LogP contribution in [-0.2, 0) is 4.74 Å². The van der Waals surface area contributed by atoms with Gasteiger partial charge in [0.05, 0.1) is 19.3 Å². The Labute approximate surface area is 94.0 Å². The van der Waals surface area contributed by atoms with Crippen molar-refractivity contribution >= 4 is 11.7 Å². The first-order valence-electron chi connectivity index (χ1n) is 5.20. The van der Waals surface area contributed by atoms with Crippen molar-refractivity contribution in [3.05, 3.63) is 18.1 Å². The Kier molecular flexibility index (Phi) is 3.00. The normalized spacial score (nSPS) is 20.8. The maximum absolute atomic E-state index is 7.48. The minimum absolute atomic E-state index is 0.0539. The first kappa shape index (κ1) is 10.8. The number of nitrogens with zero attached hydrogens (tertiary/aromatic N) is 3. The number of nitrogens with one attached hydrogen (secondary N) is 1. The Bertz CT molecular complexity index is 395. The lowest BCUT2D eigenvalue weighted by Gasteiger charge is -2.34. The van der Waals surface area contributed by atoms with Crippen LogP contribution in [0.15, 0.2) is 12.4 Å². The molecule has 1 aliphatic rings. The molecule has 1 aliphatic heterocycles. The number of rotatable bonds is 2. The molecule has 3 N–H and O–H groups in total. The number of nitrogen functional groups attached to an aromatic ring is 1. The van der Waals surface area contributed by atoms with Gasteiger partial charge in [0, 0.05) is 18.9 Å². The molecule has 2 heterocycles.